The van der Waals surface area contributed by atoms with Gasteiger partial charge < -0.3 is 17.0 Å². The fourth-order valence-corrected chi connectivity index (χ4v) is 3.50. The van der Waals surface area contributed by atoms with Gasteiger partial charge in [0.15, 0.2) is 0 Å². The quantitative estimate of drug-likeness (QED) is 0.533. The summed E-state index contributed by atoms with van der Waals surface area (Å²) in [6.07, 6.45) is 8.51. The van der Waals surface area contributed by atoms with Crippen molar-refractivity contribution in [3.63, 3.8) is 0 Å². The molecule has 0 bridgehead atoms. The molecule has 1 aromatic heterocycles. The molecule has 15 heavy (non-hydrogen) atoms. The molecule has 0 N–H and O–H groups in total. The second kappa shape index (κ2) is 9.41. The molecule has 0 aliphatic heterocycles. The highest BCUT2D eigenvalue weighted by atomic mass is 79.9. The van der Waals surface area contributed by atoms with Crippen molar-refractivity contribution < 1.29 is 17.0 Å². The van der Waals surface area contributed by atoms with E-state index >= 15 is 0 Å². The Hall–Kier alpha value is 0.180. The molecule has 0 amide bonds. The van der Waals surface area contributed by atoms with Crippen LogP contribution in [0.4, 0.5) is 0 Å². The third-order valence-corrected chi connectivity index (χ3v) is 4.50. The third-order valence-electron chi connectivity index (χ3n) is 2.58. The first-order chi connectivity index (χ1) is 6.83. The summed E-state index contributed by atoms with van der Waals surface area (Å²) < 4.78 is 0. The van der Waals surface area contributed by atoms with Crippen LogP contribution < -0.4 is 17.0 Å². The number of rotatable bonds is 7. The second-order valence-electron chi connectivity index (χ2n) is 4.11. The summed E-state index contributed by atoms with van der Waals surface area (Å²) in [6, 6.07) is 2.26. The highest BCUT2D eigenvalue weighted by molar-refractivity contribution is 7.27. The number of aryl methyl sites for hydroxylation is 2. The first kappa shape index (κ1) is 15.2. The van der Waals surface area contributed by atoms with Gasteiger partial charge in [0, 0.05) is 5.56 Å². The summed E-state index contributed by atoms with van der Waals surface area (Å²) in [4.78, 5) is 0. The zero-order valence-electron chi connectivity index (χ0n) is 9.97. The van der Waals surface area contributed by atoms with Crippen LogP contribution in [0.2, 0.25) is 0 Å². The van der Waals surface area contributed by atoms with Crippen LogP contribution in [0.1, 0.15) is 51.0 Å². The molecule has 0 saturated carbocycles. The molecule has 1 rings (SSSR count). The van der Waals surface area contributed by atoms with Crippen LogP contribution in [0.25, 0.3) is 0 Å². The van der Waals surface area contributed by atoms with Crippen LogP contribution in [0.3, 0.4) is 0 Å². The first-order valence-corrected chi connectivity index (χ1v) is 7.40. The van der Waals surface area contributed by atoms with E-state index in [0.29, 0.717) is 10.5 Å². The molecule has 88 valence electrons. The standard InChI is InChI=1S/C13H23S.BrH/c1-3-4-5-6-7-8-10-14-11-9-13(2)12-14;/h9,11-12H,3-8,10H2,1-2H3;1H/q+1;/p-1. The lowest BCUT2D eigenvalue weighted by molar-refractivity contribution is -0.00000312. The summed E-state index contributed by atoms with van der Waals surface area (Å²) >= 11 is 0. The molecule has 0 aliphatic carbocycles. The van der Waals surface area contributed by atoms with E-state index in [9.17, 15) is 0 Å². The van der Waals surface area contributed by atoms with Gasteiger partial charge in [0.1, 0.15) is 16.5 Å². The minimum absolute atomic E-state index is 0. The molecule has 0 spiro atoms. The molecule has 1 aromatic rings. The van der Waals surface area contributed by atoms with Crippen LogP contribution >= 0.6 is 10.5 Å². The lowest BCUT2D eigenvalue weighted by Gasteiger charge is -1.96. The Morgan fingerprint density at radius 3 is 2.33 bits per heavy atom. The summed E-state index contributed by atoms with van der Waals surface area (Å²) in [6.45, 7) is 4.48. The lowest BCUT2D eigenvalue weighted by atomic mass is 10.1. The third kappa shape index (κ3) is 7.13. The minimum Gasteiger partial charge on any atom is -1.00 e. The summed E-state index contributed by atoms with van der Waals surface area (Å²) in [5, 5.41) is 4.80. The van der Waals surface area contributed by atoms with Crippen molar-refractivity contribution in [1.82, 2.24) is 0 Å². The molecule has 2 heteroatoms. The van der Waals surface area contributed by atoms with Crippen molar-refractivity contribution in [3.8, 4) is 0 Å². The molecule has 1 heterocycles. The fourth-order valence-electron chi connectivity index (χ4n) is 1.69. The fraction of sp³-hybridized carbons (Fsp3) is 0.692. The largest absolute Gasteiger partial charge is 1.00 e. The summed E-state index contributed by atoms with van der Waals surface area (Å²) in [7, 11) is 0.493. The van der Waals surface area contributed by atoms with E-state index in [1.165, 1.54) is 49.8 Å². The first-order valence-electron chi connectivity index (χ1n) is 5.88. The van der Waals surface area contributed by atoms with E-state index in [4.69, 9.17) is 0 Å². The van der Waals surface area contributed by atoms with Gasteiger partial charge in [-0.2, -0.15) is 0 Å². The number of thiophene rings is 1. The van der Waals surface area contributed by atoms with Crippen LogP contribution in [-0.2, 0) is 5.75 Å². The van der Waals surface area contributed by atoms with Crippen LogP contribution in [0.5, 0.6) is 0 Å². The zero-order valence-corrected chi connectivity index (χ0v) is 12.4. The zero-order chi connectivity index (χ0) is 10.2. The lowest BCUT2D eigenvalue weighted by Crippen LogP contribution is -3.00. The minimum atomic E-state index is 0. The molecular weight excluding hydrogens is 268 g/mol. The van der Waals surface area contributed by atoms with E-state index in [1.54, 1.807) is 0 Å². The van der Waals surface area contributed by atoms with Crippen LogP contribution in [-0.4, -0.2) is 0 Å². The highest BCUT2D eigenvalue weighted by Gasteiger charge is 2.03. The van der Waals surface area contributed by atoms with Gasteiger partial charge in [-0.05, 0) is 36.3 Å². The number of unbranched alkanes of at least 4 members (excludes halogenated alkanes) is 5. The second-order valence-corrected chi connectivity index (χ2v) is 5.96. The average molecular weight is 291 g/mol. The van der Waals surface area contributed by atoms with Crippen molar-refractivity contribution in [1.29, 1.82) is 0 Å². The summed E-state index contributed by atoms with van der Waals surface area (Å²) in [5.41, 5.74) is 1.46. The Morgan fingerprint density at radius 2 is 1.73 bits per heavy atom. The van der Waals surface area contributed by atoms with Gasteiger partial charge >= 0.3 is 0 Å². The van der Waals surface area contributed by atoms with Gasteiger partial charge in [0.2, 0.25) is 0 Å². The molecule has 0 aliphatic rings. The van der Waals surface area contributed by atoms with Crippen molar-refractivity contribution in [2.45, 2.75) is 58.1 Å². The Morgan fingerprint density at radius 1 is 1.07 bits per heavy atom. The van der Waals surface area contributed by atoms with Gasteiger partial charge in [-0.3, -0.25) is 0 Å². The number of halogens is 1. The van der Waals surface area contributed by atoms with E-state index in [2.05, 4.69) is 30.7 Å². The van der Waals surface area contributed by atoms with Gasteiger partial charge in [-0.25, -0.2) is 0 Å². The predicted octanol–water partition coefficient (Wildman–Crippen LogP) is 2.11. The highest BCUT2D eigenvalue weighted by Crippen LogP contribution is 2.23. The topological polar surface area (TPSA) is 0 Å². The Balaban J connectivity index is 0.00000196. The van der Waals surface area contributed by atoms with E-state index in [-0.39, 0.29) is 17.0 Å². The maximum Gasteiger partial charge on any atom is 0.140 e. The molecular formula is C13H23BrS. The van der Waals surface area contributed by atoms with Gasteiger partial charge in [0.25, 0.3) is 0 Å². The van der Waals surface area contributed by atoms with Crippen LogP contribution in [0.15, 0.2) is 16.8 Å². The molecule has 0 nitrogen and oxygen atoms in total. The van der Waals surface area contributed by atoms with E-state index in [0.717, 1.165) is 0 Å². The molecule has 0 saturated heterocycles. The van der Waals surface area contributed by atoms with Gasteiger partial charge in [-0.1, -0.05) is 32.6 Å². The Kier molecular flexibility index (Phi) is 9.52. The van der Waals surface area contributed by atoms with Crippen molar-refractivity contribution in [3.05, 3.63) is 22.4 Å². The average Bonchev–Trinajstić information content (AvgIpc) is 2.58. The summed E-state index contributed by atoms with van der Waals surface area (Å²) in [5.74, 6) is 1.39. The molecule has 0 aromatic carbocycles. The predicted molar refractivity (Wildman–Crippen MR) is 67.0 cm³/mol. The molecule has 0 radical (unpaired) electrons. The monoisotopic (exact) mass is 290 g/mol. The smallest absolute Gasteiger partial charge is 0.140 e. The van der Waals surface area contributed by atoms with Gasteiger partial charge in [0.05, 0.1) is 0 Å². The van der Waals surface area contributed by atoms with Crippen molar-refractivity contribution >= 4 is 10.5 Å². The normalized spacial score (nSPS) is 11.2. The SMILES string of the molecule is CCCCCCCC[s+]1ccc(C)c1.[Br-]. The number of hydrogen-bond donors (Lipinski definition) is 0. The van der Waals surface area contributed by atoms with Gasteiger partial charge in [-0.15, -0.1) is 0 Å². The van der Waals surface area contributed by atoms with E-state index < -0.39 is 0 Å². The van der Waals surface area contributed by atoms with E-state index in [1.807, 2.05) is 0 Å². The maximum absolute atomic E-state index is 2.42. The molecule has 1 atom stereocenters. The van der Waals surface area contributed by atoms with Crippen LogP contribution in [0, 0.1) is 6.92 Å². The molecule has 1 unspecified atom stereocenters. The van der Waals surface area contributed by atoms with Crippen molar-refractivity contribution in [2.75, 3.05) is 0 Å². The molecule has 0 fully saturated rings. The Labute approximate surface area is 108 Å². The number of hydrogen-bond acceptors (Lipinski definition) is 0. The van der Waals surface area contributed by atoms with Crippen molar-refractivity contribution in [2.24, 2.45) is 0 Å². The maximum atomic E-state index is 2.42. The Bertz CT molecular complexity index is 242.